The molecule has 6 nitrogen and oxygen atoms in total. The summed E-state index contributed by atoms with van der Waals surface area (Å²) >= 11 is 0. The van der Waals surface area contributed by atoms with Gasteiger partial charge < -0.3 is 14.6 Å². The van der Waals surface area contributed by atoms with E-state index in [0.717, 1.165) is 11.1 Å². The summed E-state index contributed by atoms with van der Waals surface area (Å²) in [7, 11) is 1.47. The molecule has 1 heterocycles. The third kappa shape index (κ3) is 3.61. The summed E-state index contributed by atoms with van der Waals surface area (Å²) in [6, 6.07) is 16.8. The number of aromatic nitrogens is 2. The van der Waals surface area contributed by atoms with Crippen LogP contribution in [0.15, 0.2) is 59.1 Å². The number of rotatable bonds is 5. The minimum atomic E-state index is -0.222. The normalized spacial score (nSPS) is 10.5. The van der Waals surface area contributed by atoms with E-state index in [9.17, 15) is 4.79 Å². The predicted molar refractivity (Wildman–Crippen MR) is 85.7 cm³/mol. The van der Waals surface area contributed by atoms with E-state index >= 15 is 0 Å². The molecule has 0 aliphatic carbocycles. The Morgan fingerprint density at radius 1 is 1.13 bits per heavy atom. The van der Waals surface area contributed by atoms with Crippen molar-refractivity contribution < 1.29 is 14.1 Å². The van der Waals surface area contributed by atoms with Gasteiger partial charge in [-0.15, -0.1) is 0 Å². The third-order valence-corrected chi connectivity index (χ3v) is 3.13. The average molecular weight is 309 g/mol. The first-order valence-electron chi connectivity index (χ1n) is 7.04. The number of ether oxygens (including phenoxy) is 1. The zero-order chi connectivity index (χ0) is 16.1. The lowest BCUT2D eigenvalue weighted by Gasteiger charge is -2.05. The number of carbonyl (C=O) groups excluding carboxylic acids is 1. The molecular formula is C17H15N3O3. The van der Waals surface area contributed by atoms with Crippen LogP contribution < -0.4 is 5.32 Å². The number of methoxy groups -OCH3 is 1. The van der Waals surface area contributed by atoms with E-state index in [1.807, 2.05) is 42.5 Å². The highest BCUT2D eigenvalue weighted by Crippen LogP contribution is 2.24. The minimum Gasteiger partial charge on any atom is -0.375 e. The fourth-order valence-electron chi connectivity index (χ4n) is 2.10. The molecule has 1 aromatic heterocycles. The molecule has 3 aromatic rings. The quantitative estimate of drug-likeness (QED) is 0.784. The summed E-state index contributed by atoms with van der Waals surface area (Å²) in [6.07, 6.45) is 0. The van der Waals surface area contributed by atoms with Crippen LogP contribution in [0.5, 0.6) is 0 Å². The van der Waals surface area contributed by atoms with Crippen LogP contribution >= 0.6 is 0 Å². The maximum atomic E-state index is 11.6. The van der Waals surface area contributed by atoms with Gasteiger partial charge in [0.15, 0.2) is 0 Å². The Morgan fingerprint density at radius 3 is 2.70 bits per heavy atom. The van der Waals surface area contributed by atoms with Gasteiger partial charge in [0.1, 0.15) is 6.61 Å². The molecule has 2 aromatic carbocycles. The number of amides is 1. The Morgan fingerprint density at radius 2 is 1.91 bits per heavy atom. The van der Waals surface area contributed by atoms with E-state index in [2.05, 4.69) is 15.5 Å². The van der Waals surface area contributed by atoms with E-state index in [-0.39, 0.29) is 12.5 Å². The van der Waals surface area contributed by atoms with Gasteiger partial charge in [-0.3, -0.25) is 4.79 Å². The molecule has 0 aliphatic rings. The summed E-state index contributed by atoms with van der Waals surface area (Å²) in [6.45, 7) is 0.00292. The van der Waals surface area contributed by atoms with Crippen molar-refractivity contribution in [3.05, 3.63) is 54.6 Å². The molecule has 0 atom stereocenters. The van der Waals surface area contributed by atoms with Gasteiger partial charge in [0.2, 0.25) is 11.7 Å². The summed E-state index contributed by atoms with van der Waals surface area (Å²) in [5.74, 6) is 0.696. The highest BCUT2D eigenvalue weighted by molar-refractivity contribution is 5.92. The average Bonchev–Trinajstić information content (AvgIpc) is 3.06. The number of carbonyl (C=O) groups is 1. The van der Waals surface area contributed by atoms with Gasteiger partial charge in [-0.2, -0.15) is 4.98 Å². The molecule has 0 unspecified atom stereocenters. The van der Waals surface area contributed by atoms with Gasteiger partial charge in [0.25, 0.3) is 5.89 Å². The predicted octanol–water partition coefficient (Wildman–Crippen LogP) is 2.99. The lowest BCUT2D eigenvalue weighted by atomic mass is 10.2. The lowest BCUT2D eigenvalue weighted by molar-refractivity contribution is -0.119. The number of anilines is 1. The molecule has 0 spiro atoms. The molecule has 116 valence electrons. The molecule has 0 saturated carbocycles. The van der Waals surface area contributed by atoms with E-state index in [1.165, 1.54) is 7.11 Å². The monoisotopic (exact) mass is 309 g/mol. The Balaban J connectivity index is 1.82. The fourth-order valence-corrected chi connectivity index (χ4v) is 2.10. The summed E-state index contributed by atoms with van der Waals surface area (Å²) < 4.78 is 10.1. The van der Waals surface area contributed by atoms with Crippen molar-refractivity contribution in [3.8, 4) is 22.8 Å². The van der Waals surface area contributed by atoms with Crippen molar-refractivity contribution in [2.75, 3.05) is 19.0 Å². The Hall–Kier alpha value is -2.99. The van der Waals surface area contributed by atoms with Crippen LogP contribution in [0.2, 0.25) is 0 Å². The van der Waals surface area contributed by atoms with Crippen LogP contribution in [0.1, 0.15) is 0 Å². The topological polar surface area (TPSA) is 77.2 Å². The highest BCUT2D eigenvalue weighted by atomic mass is 16.5. The van der Waals surface area contributed by atoms with Crippen LogP contribution in [-0.4, -0.2) is 29.8 Å². The van der Waals surface area contributed by atoms with Crippen molar-refractivity contribution in [3.63, 3.8) is 0 Å². The van der Waals surface area contributed by atoms with Gasteiger partial charge in [-0.05, 0) is 18.2 Å². The van der Waals surface area contributed by atoms with Crippen LogP contribution in [-0.2, 0) is 9.53 Å². The Kier molecular flexibility index (Phi) is 4.44. The van der Waals surface area contributed by atoms with E-state index < -0.39 is 0 Å². The van der Waals surface area contributed by atoms with Gasteiger partial charge >= 0.3 is 0 Å². The second-order valence-corrected chi connectivity index (χ2v) is 4.85. The maximum Gasteiger partial charge on any atom is 0.258 e. The summed E-state index contributed by atoms with van der Waals surface area (Å²) in [5.41, 5.74) is 2.26. The van der Waals surface area contributed by atoms with Gasteiger partial charge in [0.05, 0.1) is 0 Å². The molecule has 0 radical (unpaired) electrons. The second-order valence-electron chi connectivity index (χ2n) is 4.85. The summed E-state index contributed by atoms with van der Waals surface area (Å²) in [5, 5.41) is 6.73. The Labute approximate surface area is 133 Å². The molecule has 0 aliphatic heterocycles. The standard InChI is InChI=1S/C17H15N3O3/c1-22-11-15(21)18-14-9-5-8-13(10-14)17-19-16(20-23-17)12-6-3-2-4-7-12/h2-10H,11H2,1H3,(H,18,21). The number of nitrogens with zero attached hydrogens (tertiary/aromatic N) is 2. The van der Waals surface area contributed by atoms with Crippen molar-refractivity contribution >= 4 is 11.6 Å². The first-order valence-corrected chi connectivity index (χ1v) is 7.04. The number of nitrogens with one attached hydrogen (secondary N) is 1. The smallest absolute Gasteiger partial charge is 0.258 e. The first-order chi connectivity index (χ1) is 11.3. The zero-order valence-electron chi connectivity index (χ0n) is 12.5. The van der Waals surface area contributed by atoms with Gasteiger partial charge in [0, 0.05) is 23.9 Å². The fraction of sp³-hybridized carbons (Fsp3) is 0.118. The lowest BCUT2D eigenvalue weighted by Crippen LogP contribution is -2.16. The molecule has 23 heavy (non-hydrogen) atoms. The number of hydrogen-bond acceptors (Lipinski definition) is 5. The zero-order valence-corrected chi connectivity index (χ0v) is 12.5. The van der Waals surface area contributed by atoms with Gasteiger partial charge in [-0.1, -0.05) is 41.6 Å². The number of hydrogen-bond donors (Lipinski definition) is 1. The summed E-state index contributed by atoms with van der Waals surface area (Å²) in [4.78, 5) is 16.0. The molecule has 6 heteroatoms. The van der Waals surface area contributed by atoms with Gasteiger partial charge in [-0.25, -0.2) is 0 Å². The maximum absolute atomic E-state index is 11.6. The SMILES string of the molecule is COCC(=O)Nc1cccc(-c2nc(-c3ccccc3)no2)c1. The Bertz CT molecular complexity index is 800. The highest BCUT2D eigenvalue weighted by Gasteiger charge is 2.11. The molecule has 3 rings (SSSR count). The molecule has 1 N–H and O–H groups in total. The van der Waals surface area contributed by atoms with E-state index in [0.29, 0.717) is 17.4 Å². The van der Waals surface area contributed by atoms with Crippen LogP contribution in [0.4, 0.5) is 5.69 Å². The minimum absolute atomic E-state index is 0.00292. The van der Waals surface area contributed by atoms with E-state index in [1.54, 1.807) is 12.1 Å². The molecule has 0 saturated heterocycles. The van der Waals surface area contributed by atoms with Crippen LogP contribution in [0.25, 0.3) is 22.8 Å². The molecular weight excluding hydrogens is 294 g/mol. The third-order valence-electron chi connectivity index (χ3n) is 3.13. The molecule has 0 bridgehead atoms. The molecule has 1 amide bonds. The first kappa shape index (κ1) is 14.9. The van der Waals surface area contributed by atoms with Crippen molar-refractivity contribution in [2.45, 2.75) is 0 Å². The number of benzene rings is 2. The molecule has 0 fully saturated rings. The van der Waals surface area contributed by atoms with Crippen LogP contribution in [0.3, 0.4) is 0 Å². The largest absolute Gasteiger partial charge is 0.375 e. The second kappa shape index (κ2) is 6.85. The van der Waals surface area contributed by atoms with E-state index in [4.69, 9.17) is 9.26 Å². The van der Waals surface area contributed by atoms with Crippen molar-refractivity contribution in [1.29, 1.82) is 0 Å². The van der Waals surface area contributed by atoms with Crippen molar-refractivity contribution in [1.82, 2.24) is 10.1 Å². The van der Waals surface area contributed by atoms with Crippen LogP contribution in [0, 0.1) is 0 Å². The van der Waals surface area contributed by atoms with Crippen molar-refractivity contribution in [2.24, 2.45) is 0 Å².